The van der Waals surface area contributed by atoms with Gasteiger partial charge in [0.1, 0.15) is 5.60 Å². The molecule has 1 aromatic carbocycles. The maximum atomic E-state index is 11.8. The van der Waals surface area contributed by atoms with E-state index in [0.29, 0.717) is 0 Å². The SMILES string of the molecule is C[C@H](C(=O)NNC(=O)OC(C)(C)C)c1ccccc1. The summed E-state index contributed by atoms with van der Waals surface area (Å²) in [5.74, 6) is -0.645. The van der Waals surface area contributed by atoms with Crippen LogP contribution in [0.4, 0.5) is 4.79 Å². The molecule has 0 aliphatic rings. The van der Waals surface area contributed by atoms with Crippen LogP contribution in [0.5, 0.6) is 0 Å². The lowest BCUT2D eigenvalue weighted by molar-refractivity contribution is -0.123. The van der Waals surface area contributed by atoms with Crippen LogP contribution in [0.15, 0.2) is 30.3 Å². The highest BCUT2D eigenvalue weighted by Crippen LogP contribution is 2.14. The van der Waals surface area contributed by atoms with Crippen molar-refractivity contribution < 1.29 is 14.3 Å². The van der Waals surface area contributed by atoms with Gasteiger partial charge in [0.25, 0.3) is 0 Å². The van der Waals surface area contributed by atoms with Crippen molar-refractivity contribution in [2.45, 2.75) is 39.2 Å². The predicted molar refractivity (Wildman–Crippen MR) is 72.4 cm³/mol. The van der Waals surface area contributed by atoms with Gasteiger partial charge in [-0.3, -0.25) is 10.2 Å². The topological polar surface area (TPSA) is 67.4 Å². The lowest BCUT2D eigenvalue weighted by Crippen LogP contribution is -2.45. The van der Waals surface area contributed by atoms with E-state index in [2.05, 4.69) is 10.9 Å². The fourth-order valence-corrected chi connectivity index (χ4v) is 1.42. The lowest BCUT2D eigenvalue weighted by atomic mass is 10.0. The molecule has 1 atom stereocenters. The van der Waals surface area contributed by atoms with Crippen LogP contribution in [0.3, 0.4) is 0 Å². The van der Waals surface area contributed by atoms with Crippen molar-refractivity contribution in [3.8, 4) is 0 Å². The maximum Gasteiger partial charge on any atom is 0.426 e. The number of hydrogen-bond acceptors (Lipinski definition) is 3. The monoisotopic (exact) mass is 264 g/mol. The number of carbonyl (C=O) groups is 2. The van der Waals surface area contributed by atoms with Crippen molar-refractivity contribution in [2.75, 3.05) is 0 Å². The normalized spacial score (nSPS) is 12.4. The van der Waals surface area contributed by atoms with Crippen LogP contribution in [0, 0.1) is 0 Å². The fourth-order valence-electron chi connectivity index (χ4n) is 1.42. The van der Waals surface area contributed by atoms with Gasteiger partial charge in [0, 0.05) is 0 Å². The first kappa shape index (κ1) is 15.0. The fraction of sp³-hybridized carbons (Fsp3) is 0.429. The summed E-state index contributed by atoms with van der Waals surface area (Å²) in [7, 11) is 0. The highest BCUT2D eigenvalue weighted by atomic mass is 16.6. The number of carbonyl (C=O) groups excluding carboxylic acids is 2. The number of ether oxygens (including phenoxy) is 1. The molecule has 0 fully saturated rings. The third-order valence-electron chi connectivity index (χ3n) is 2.38. The second-order valence-corrected chi connectivity index (χ2v) is 5.25. The molecule has 0 radical (unpaired) electrons. The molecule has 0 heterocycles. The van der Waals surface area contributed by atoms with Gasteiger partial charge in [-0.05, 0) is 33.3 Å². The molecule has 0 aliphatic heterocycles. The second-order valence-electron chi connectivity index (χ2n) is 5.25. The van der Waals surface area contributed by atoms with Crippen molar-refractivity contribution in [1.82, 2.24) is 10.9 Å². The zero-order valence-electron chi connectivity index (χ0n) is 11.7. The van der Waals surface area contributed by atoms with Gasteiger partial charge in [-0.1, -0.05) is 30.3 Å². The minimum atomic E-state index is -0.680. The van der Waals surface area contributed by atoms with Gasteiger partial charge in [-0.2, -0.15) is 0 Å². The van der Waals surface area contributed by atoms with Crippen molar-refractivity contribution in [2.24, 2.45) is 0 Å². The van der Waals surface area contributed by atoms with E-state index in [0.717, 1.165) is 5.56 Å². The molecule has 0 saturated heterocycles. The first-order valence-corrected chi connectivity index (χ1v) is 6.13. The van der Waals surface area contributed by atoms with Crippen LogP contribution in [-0.2, 0) is 9.53 Å². The minimum absolute atomic E-state index is 0.294. The summed E-state index contributed by atoms with van der Waals surface area (Å²) < 4.78 is 5.01. The van der Waals surface area contributed by atoms with E-state index in [1.807, 2.05) is 30.3 Å². The summed E-state index contributed by atoms with van der Waals surface area (Å²) in [4.78, 5) is 23.2. The van der Waals surface area contributed by atoms with E-state index < -0.39 is 11.7 Å². The Morgan fingerprint density at radius 1 is 1.11 bits per heavy atom. The minimum Gasteiger partial charge on any atom is -0.443 e. The molecular weight excluding hydrogens is 244 g/mol. The molecule has 104 valence electrons. The molecule has 19 heavy (non-hydrogen) atoms. The zero-order chi connectivity index (χ0) is 14.5. The Kier molecular flexibility index (Phi) is 4.92. The molecule has 1 aromatic rings. The Morgan fingerprint density at radius 3 is 2.21 bits per heavy atom. The molecule has 0 spiro atoms. The predicted octanol–water partition coefficient (Wildman–Crippen LogP) is 2.35. The summed E-state index contributed by atoms with van der Waals surface area (Å²) in [5, 5.41) is 0. The Balaban J connectivity index is 2.46. The molecular formula is C14H20N2O3. The first-order chi connectivity index (χ1) is 8.79. The Bertz CT molecular complexity index is 438. The zero-order valence-corrected chi connectivity index (χ0v) is 11.7. The highest BCUT2D eigenvalue weighted by Gasteiger charge is 2.18. The van der Waals surface area contributed by atoms with Gasteiger partial charge < -0.3 is 4.74 Å². The van der Waals surface area contributed by atoms with Crippen LogP contribution in [0.2, 0.25) is 0 Å². The van der Waals surface area contributed by atoms with Crippen molar-refractivity contribution >= 4 is 12.0 Å². The van der Waals surface area contributed by atoms with Gasteiger partial charge >= 0.3 is 6.09 Å². The number of nitrogens with one attached hydrogen (secondary N) is 2. The molecule has 0 aliphatic carbocycles. The molecule has 0 bridgehead atoms. The van der Waals surface area contributed by atoms with Crippen molar-refractivity contribution in [3.05, 3.63) is 35.9 Å². The Hall–Kier alpha value is -2.04. The molecule has 0 unspecified atom stereocenters. The Labute approximate surface area is 113 Å². The van der Waals surface area contributed by atoms with E-state index in [-0.39, 0.29) is 11.8 Å². The average molecular weight is 264 g/mol. The molecule has 5 nitrogen and oxygen atoms in total. The summed E-state index contributed by atoms with van der Waals surface area (Å²) in [6.45, 7) is 7.02. The molecule has 1 rings (SSSR count). The summed E-state index contributed by atoms with van der Waals surface area (Å²) in [6, 6.07) is 9.32. The van der Waals surface area contributed by atoms with E-state index in [1.165, 1.54) is 0 Å². The standard InChI is InChI=1S/C14H20N2O3/c1-10(11-8-6-5-7-9-11)12(17)15-16-13(18)19-14(2,3)4/h5-10H,1-4H3,(H,15,17)(H,16,18)/t10-/m0/s1. The summed E-state index contributed by atoms with van der Waals surface area (Å²) in [5.41, 5.74) is 4.85. The smallest absolute Gasteiger partial charge is 0.426 e. The van der Waals surface area contributed by atoms with Gasteiger partial charge in [0.15, 0.2) is 0 Å². The van der Waals surface area contributed by atoms with E-state index in [9.17, 15) is 9.59 Å². The second kappa shape index (κ2) is 6.22. The highest BCUT2D eigenvalue weighted by molar-refractivity contribution is 5.84. The quantitative estimate of drug-likeness (QED) is 0.806. The third-order valence-corrected chi connectivity index (χ3v) is 2.38. The number of rotatable bonds is 2. The largest absolute Gasteiger partial charge is 0.443 e. The number of hydrogen-bond donors (Lipinski definition) is 2. The third kappa shape index (κ3) is 5.42. The Morgan fingerprint density at radius 2 is 1.68 bits per heavy atom. The van der Waals surface area contributed by atoms with Crippen LogP contribution < -0.4 is 10.9 Å². The van der Waals surface area contributed by atoms with Crippen molar-refractivity contribution in [3.63, 3.8) is 0 Å². The molecule has 0 saturated carbocycles. The first-order valence-electron chi connectivity index (χ1n) is 6.13. The number of amides is 2. The molecule has 2 amide bonds. The van der Waals surface area contributed by atoms with Crippen molar-refractivity contribution in [1.29, 1.82) is 0 Å². The van der Waals surface area contributed by atoms with Gasteiger partial charge in [-0.25, -0.2) is 10.2 Å². The number of hydrazine groups is 1. The van der Waals surface area contributed by atoms with Gasteiger partial charge in [0.05, 0.1) is 5.92 Å². The van der Waals surface area contributed by atoms with E-state index in [1.54, 1.807) is 27.7 Å². The average Bonchev–Trinajstić information content (AvgIpc) is 2.34. The van der Waals surface area contributed by atoms with Crippen LogP contribution in [0.25, 0.3) is 0 Å². The van der Waals surface area contributed by atoms with Gasteiger partial charge in [0.2, 0.25) is 5.91 Å². The van der Waals surface area contributed by atoms with Gasteiger partial charge in [-0.15, -0.1) is 0 Å². The van der Waals surface area contributed by atoms with E-state index in [4.69, 9.17) is 4.74 Å². The summed E-state index contributed by atoms with van der Waals surface area (Å²) >= 11 is 0. The maximum absolute atomic E-state index is 11.8. The molecule has 2 N–H and O–H groups in total. The summed E-state index contributed by atoms with van der Waals surface area (Å²) in [6.07, 6.45) is -0.680. The van der Waals surface area contributed by atoms with Crippen LogP contribution >= 0.6 is 0 Å². The van der Waals surface area contributed by atoms with Crippen LogP contribution in [-0.4, -0.2) is 17.6 Å². The number of benzene rings is 1. The molecule has 5 heteroatoms. The lowest BCUT2D eigenvalue weighted by Gasteiger charge is -2.20. The van der Waals surface area contributed by atoms with Crippen LogP contribution in [0.1, 0.15) is 39.2 Å². The van der Waals surface area contributed by atoms with E-state index >= 15 is 0 Å². The molecule has 0 aromatic heterocycles.